The predicted molar refractivity (Wildman–Crippen MR) is 86.6 cm³/mol. The number of ether oxygens (including phenoxy) is 1. The summed E-state index contributed by atoms with van der Waals surface area (Å²) >= 11 is 5.28. The Labute approximate surface area is 134 Å². The van der Waals surface area contributed by atoms with Crippen molar-refractivity contribution in [3.05, 3.63) is 39.0 Å². The Balaban J connectivity index is 1.60. The molecule has 0 radical (unpaired) electrons. The smallest absolute Gasteiger partial charge is 0.136 e. The lowest BCUT2D eigenvalue weighted by Gasteiger charge is -2.08. The fourth-order valence-electron chi connectivity index (χ4n) is 2.31. The number of thiophene rings is 1. The second kappa shape index (κ2) is 5.42. The predicted octanol–water partition coefficient (Wildman–Crippen LogP) is 4.24. The molecule has 1 aromatic carbocycles. The molecule has 0 unspecified atom stereocenters. The van der Waals surface area contributed by atoms with Crippen LogP contribution >= 0.6 is 27.3 Å². The number of aromatic nitrogens is 3. The molecule has 0 N–H and O–H groups in total. The topological polar surface area (TPSA) is 39.9 Å². The van der Waals surface area contributed by atoms with E-state index in [2.05, 4.69) is 43.1 Å². The van der Waals surface area contributed by atoms with Crippen molar-refractivity contribution in [1.82, 2.24) is 15.0 Å². The van der Waals surface area contributed by atoms with Gasteiger partial charge >= 0.3 is 0 Å². The number of nitrogens with zero attached hydrogens (tertiary/aromatic N) is 3. The van der Waals surface area contributed by atoms with E-state index in [1.54, 1.807) is 11.3 Å². The van der Waals surface area contributed by atoms with Gasteiger partial charge in [0.15, 0.2) is 0 Å². The summed E-state index contributed by atoms with van der Waals surface area (Å²) < 4.78 is 8.76. The highest BCUT2D eigenvalue weighted by Gasteiger charge is 2.23. The first-order valence-electron chi connectivity index (χ1n) is 6.97. The summed E-state index contributed by atoms with van der Waals surface area (Å²) in [6.45, 7) is 1.54. The van der Waals surface area contributed by atoms with Gasteiger partial charge in [-0.3, -0.25) is 0 Å². The van der Waals surface area contributed by atoms with Crippen molar-refractivity contribution in [3.8, 4) is 5.75 Å². The Hall–Kier alpha value is -1.40. The number of hydrogen-bond donors (Lipinski definition) is 0. The van der Waals surface area contributed by atoms with Gasteiger partial charge in [0, 0.05) is 6.54 Å². The minimum absolute atomic E-state index is 0.573. The molecule has 6 heteroatoms. The standard InChI is InChI=1S/C15H14BrN3OS/c16-14-13(20-8-11-5-6-21-9-11)4-3-12-15(14)17-18-19(12)7-10-1-2-10/h3-6,9-10H,1-2,7-8H2. The largest absolute Gasteiger partial charge is 0.488 e. The number of halogens is 1. The van der Waals surface area contributed by atoms with Crippen molar-refractivity contribution >= 4 is 38.3 Å². The van der Waals surface area contributed by atoms with Gasteiger partial charge in [-0.05, 0) is 69.2 Å². The summed E-state index contributed by atoms with van der Waals surface area (Å²) in [7, 11) is 0. The monoisotopic (exact) mass is 363 g/mol. The van der Waals surface area contributed by atoms with Gasteiger partial charge in [-0.25, -0.2) is 4.68 Å². The third-order valence-electron chi connectivity index (χ3n) is 3.69. The van der Waals surface area contributed by atoms with Crippen LogP contribution in [0.2, 0.25) is 0 Å². The molecule has 0 bridgehead atoms. The minimum atomic E-state index is 0.573. The van der Waals surface area contributed by atoms with E-state index in [0.717, 1.165) is 33.7 Å². The van der Waals surface area contributed by atoms with Gasteiger partial charge in [0.2, 0.25) is 0 Å². The third-order valence-corrected chi connectivity index (χ3v) is 5.19. The van der Waals surface area contributed by atoms with E-state index >= 15 is 0 Å². The molecule has 0 saturated heterocycles. The van der Waals surface area contributed by atoms with Gasteiger partial charge in [-0.15, -0.1) is 5.10 Å². The summed E-state index contributed by atoms with van der Waals surface area (Å²) in [5.74, 6) is 1.59. The van der Waals surface area contributed by atoms with E-state index in [1.165, 1.54) is 18.4 Å². The van der Waals surface area contributed by atoms with Crippen LogP contribution in [0.25, 0.3) is 11.0 Å². The maximum absolute atomic E-state index is 5.87. The van der Waals surface area contributed by atoms with E-state index in [-0.39, 0.29) is 0 Å². The molecule has 0 amide bonds. The van der Waals surface area contributed by atoms with E-state index in [0.29, 0.717) is 6.61 Å². The lowest BCUT2D eigenvalue weighted by Crippen LogP contribution is -2.01. The highest BCUT2D eigenvalue weighted by atomic mass is 79.9. The molecule has 1 fully saturated rings. The Morgan fingerprint density at radius 2 is 2.24 bits per heavy atom. The molecule has 2 aromatic heterocycles. The van der Waals surface area contributed by atoms with Crippen LogP contribution in [0.15, 0.2) is 33.4 Å². The zero-order chi connectivity index (χ0) is 14.2. The average Bonchev–Trinajstić information content (AvgIpc) is 2.99. The van der Waals surface area contributed by atoms with Gasteiger partial charge in [0.05, 0.1) is 9.99 Å². The van der Waals surface area contributed by atoms with Crippen LogP contribution in [0, 0.1) is 5.92 Å². The van der Waals surface area contributed by atoms with E-state index in [1.807, 2.05) is 16.8 Å². The van der Waals surface area contributed by atoms with Crippen molar-refractivity contribution in [3.63, 3.8) is 0 Å². The molecule has 4 nitrogen and oxygen atoms in total. The maximum Gasteiger partial charge on any atom is 0.136 e. The van der Waals surface area contributed by atoms with Gasteiger partial charge in [0.1, 0.15) is 17.9 Å². The molecule has 21 heavy (non-hydrogen) atoms. The SMILES string of the molecule is Brc1c(OCc2ccsc2)ccc2c1nnn2CC1CC1. The van der Waals surface area contributed by atoms with Crippen molar-refractivity contribution < 1.29 is 4.74 Å². The van der Waals surface area contributed by atoms with Crippen molar-refractivity contribution in [1.29, 1.82) is 0 Å². The molecule has 0 aliphatic heterocycles. The molecule has 1 aliphatic carbocycles. The molecule has 3 aromatic rings. The molecule has 108 valence electrons. The van der Waals surface area contributed by atoms with Crippen LogP contribution in [0.4, 0.5) is 0 Å². The molecular formula is C15H14BrN3OS. The third kappa shape index (κ3) is 2.70. The lowest BCUT2D eigenvalue weighted by molar-refractivity contribution is 0.305. The zero-order valence-electron chi connectivity index (χ0n) is 11.3. The molecule has 1 aliphatic rings. The highest BCUT2D eigenvalue weighted by molar-refractivity contribution is 9.10. The van der Waals surface area contributed by atoms with Gasteiger partial charge in [-0.2, -0.15) is 11.3 Å². The van der Waals surface area contributed by atoms with Crippen LogP contribution in [-0.4, -0.2) is 15.0 Å². The summed E-state index contributed by atoms with van der Waals surface area (Å²) in [5, 5.41) is 12.7. The van der Waals surface area contributed by atoms with E-state index in [9.17, 15) is 0 Å². The second-order valence-corrected chi connectivity index (χ2v) is 6.95. The first-order chi connectivity index (χ1) is 10.3. The van der Waals surface area contributed by atoms with Crippen LogP contribution in [0.1, 0.15) is 18.4 Å². The Bertz CT molecular complexity index is 765. The summed E-state index contributed by atoms with van der Waals surface area (Å²) in [6.07, 6.45) is 2.62. The summed E-state index contributed by atoms with van der Waals surface area (Å²) in [5.41, 5.74) is 3.12. The zero-order valence-corrected chi connectivity index (χ0v) is 13.7. The molecule has 4 rings (SSSR count). The van der Waals surface area contributed by atoms with E-state index < -0.39 is 0 Å². The van der Waals surface area contributed by atoms with Gasteiger partial charge in [0.25, 0.3) is 0 Å². The Kier molecular flexibility index (Phi) is 3.43. The van der Waals surface area contributed by atoms with Gasteiger partial charge in [-0.1, -0.05) is 5.21 Å². The summed E-state index contributed by atoms with van der Waals surface area (Å²) in [6, 6.07) is 6.11. The van der Waals surface area contributed by atoms with Crippen molar-refractivity contribution in [2.75, 3.05) is 0 Å². The van der Waals surface area contributed by atoms with Crippen LogP contribution in [0.5, 0.6) is 5.75 Å². The molecule has 0 atom stereocenters. The quantitative estimate of drug-likeness (QED) is 0.680. The minimum Gasteiger partial charge on any atom is -0.488 e. The molecule has 0 spiro atoms. The highest BCUT2D eigenvalue weighted by Crippen LogP contribution is 2.35. The fraction of sp³-hybridized carbons (Fsp3) is 0.333. The maximum atomic E-state index is 5.87. The second-order valence-electron chi connectivity index (χ2n) is 5.38. The van der Waals surface area contributed by atoms with Gasteiger partial charge < -0.3 is 4.74 Å². The van der Waals surface area contributed by atoms with Crippen LogP contribution in [0.3, 0.4) is 0 Å². The number of fused-ring (bicyclic) bond motifs is 1. The molecule has 2 heterocycles. The van der Waals surface area contributed by atoms with Crippen molar-refractivity contribution in [2.45, 2.75) is 26.0 Å². The lowest BCUT2D eigenvalue weighted by atomic mass is 10.3. The average molecular weight is 364 g/mol. The number of rotatable bonds is 5. The number of benzene rings is 1. The van der Waals surface area contributed by atoms with Crippen LogP contribution < -0.4 is 4.74 Å². The fourth-order valence-corrected chi connectivity index (χ4v) is 3.50. The Morgan fingerprint density at radius 1 is 1.33 bits per heavy atom. The number of hydrogen-bond acceptors (Lipinski definition) is 4. The first-order valence-corrected chi connectivity index (χ1v) is 8.70. The Morgan fingerprint density at radius 3 is 3.00 bits per heavy atom. The first kappa shape index (κ1) is 13.3. The van der Waals surface area contributed by atoms with E-state index in [4.69, 9.17) is 4.74 Å². The molecular weight excluding hydrogens is 350 g/mol. The van der Waals surface area contributed by atoms with Crippen LogP contribution in [-0.2, 0) is 13.2 Å². The molecule has 1 saturated carbocycles. The normalized spacial score (nSPS) is 14.7. The van der Waals surface area contributed by atoms with Crippen molar-refractivity contribution in [2.24, 2.45) is 5.92 Å². The summed E-state index contributed by atoms with van der Waals surface area (Å²) in [4.78, 5) is 0.